The summed E-state index contributed by atoms with van der Waals surface area (Å²) in [6.45, 7) is 2.59. The van der Waals surface area contributed by atoms with Crippen molar-refractivity contribution in [2.45, 2.75) is 25.7 Å². The summed E-state index contributed by atoms with van der Waals surface area (Å²) in [6.07, 6.45) is 0.281. The maximum atomic E-state index is 13.1. The van der Waals surface area contributed by atoms with E-state index in [1.807, 2.05) is 6.07 Å². The largest absolute Gasteiger partial charge is 0.457 e. The van der Waals surface area contributed by atoms with E-state index in [2.05, 4.69) is 39.8 Å². The summed E-state index contributed by atoms with van der Waals surface area (Å²) in [7, 11) is 0. The highest BCUT2D eigenvalue weighted by atomic mass is 32.1. The molecule has 176 valence electrons. The molecule has 1 amide bonds. The number of carbonyl (C=O) groups is 1. The molecule has 8 nitrogen and oxygen atoms in total. The highest BCUT2D eigenvalue weighted by Crippen LogP contribution is 2.41. The minimum atomic E-state index is -0.549. The Balaban J connectivity index is 1.23. The Morgan fingerprint density at radius 3 is 2.69 bits per heavy atom. The lowest BCUT2D eigenvalue weighted by atomic mass is 10.0. The Morgan fingerprint density at radius 2 is 1.86 bits per heavy atom. The van der Waals surface area contributed by atoms with Crippen LogP contribution in [0.3, 0.4) is 0 Å². The molecule has 2 aromatic heterocycles. The highest BCUT2D eigenvalue weighted by molar-refractivity contribution is 7.16. The van der Waals surface area contributed by atoms with E-state index in [1.165, 1.54) is 16.5 Å². The fourth-order valence-corrected chi connectivity index (χ4v) is 6.10. The van der Waals surface area contributed by atoms with Crippen LogP contribution < -0.4 is 10.6 Å². The fourth-order valence-electron chi connectivity index (χ4n) is 4.78. The molecular weight excluding hydrogens is 464 g/mol. The standard InChI is InChI=1S/C26H22N4O4S/c31-25-23-18-12-13-29(14-16-6-2-1-3-7-16)15-22(18)35-26(23)28-24(27-25)21-11-10-20(34-21)17-8-4-5-9-19(17)30(32)33/h1-11,24,28H,12-15H2,(H,27,31)/t24-/m0/s1. The molecule has 35 heavy (non-hydrogen) atoms. The number of benzene rings is 2. The van der Waals surface area contributed by atoms with E-state index in [0.29, 0.717) is 17.1 Å². The summed E-state index contributed by atoms with van der Waals surface area (Å²) in [6, 6.07) is 20.3. The van der Waals surface area contributed by atoms with Gasteiger partial charge in [0.2, 0.25) is 0 Å². The lowest BCUT2D eigenvalue weighted by molar-refractivity contribution is -0.384. The van der Waals surface area contributed by atoms with E-state index < -0.39 is 11.1 Å². The van der Waals surface area contributed by atoms with Gasteiger partial charge in [-0.3, -0.25) is 19.8 Å². The number of rotatable bonds is 5. The number of nitro benzene ring substituents is 1. The van der Waals surface area contributed by atoms with Crippen LogP contribution in [0.1, 0.15) is 38.3 Å². The number of nitrogens with one attached hydrogen (secondary N) is 2. The molecule has 0 spiro atoms. The van der Waals surface area contributed by atoms with Gasteiger partial charge in [-0.05, 0) is 35.7 Å². The maximum Gasteiger partial charge on any atom is 0.280 e. The predicted molar refractivity (Wildman–Crippen MR) is 133 cm³/mol. The molecule has 0 fully saturated rings. The molecule has 6 rings (SSSR count). The van der Waals surface area contributed by atoms with Crippen molar-refractivity contribution in [1.82, 2.24) is 10.2 Å². The Hall–Kier alpha value is -3.95. The first-order valence-corrected chi connectivity index (χ1v) is 12.2. The number of thiophene rings is 1. The van der Waals surface area contributed by atoms with Gasteiger partial charge in [0.15, 0.2) is 6.17 Å². The van der Waals surface area contributed by atoms with E-state index in [9.17, 15) is 14.9 Å². The smallest absolute Gasteiger partial charge is 0.280 e. The monoisotopic (exact) mass is 486 g/mol. The number of para-hydroxylation sites is 1. The second kappa shape index (κ2) is 8.68. The quantitative estimate of drug-likeness (QED) is 0.292. The van der Waals surface area contributed by atoms with Crippen molar-refractivity contribution >= 4 is 27.9 Å². The average molecular weight is 487 g/mol. The van der Waals surface area contributed by atoms with Crippen LogP contribution in [-0.4, -0.2) is 22.3 Å². The summed E-state index contributed by atoms with van der Waals surface area (Å²) in [4.78, 5) is 27.7. The number of fused-ring (bicyclic) bond motifs is 3. The maximum absolute atomic E-state index is 13.1. The zero-order valence-corrected chi connectivity index (χ0v) is 19.5. The average Bonchev–Trinajstić information content (AvgIpc) is 3.49. The minimum absolute atomic E-state index is 0.0256. The molecule has 4 heterocycles. The zero-order chi connectivity index (χ0) is 23.9. The molecular formula is C26H22N4O4S. The van der Waals surface area contributed by atoms with Crippen LogP contribution in [0.25, 0.3) is 11.3 Å². The van der Waals surface area contributed by atoms with Crippen LogP contribution in [0, 0.1) is 10.1 Å². The summed E-state index contributed by atoms with van der Waals surface area (Å²) in [5.74, 6) is 0.756. The van der Waals surface area contributed by atoms with E-state index >= 15 is 0 Å². The summed E-state index contributed by atoms with van der Waals surface area (Å²) >= 11 is 1.62. The summed E-state index contributed by atoms with van der Waals surface area (Å²) in [5, 5.41) is 18.6. The second-order valence-corrected chi connectivity index (χ2v) is 9.79. The van der Waals surface area contributed by atoms with Gasteiger partial charge in [0.1, 0.15) is 16.5 Å². The molecule has 2 aromatic carbocycles. The van der Waals surface area contributed by atoms with E-state index in [0.717, 1.165) is 42.2 Å². The molecule has 2 aliphatic rings. The van der Waals surface area contributed by atoms with Gasteiger partial charge >= 0.3 is 0 Å². The molecule has 0 aliphatic carbocycles. The van der Waals surface area contributed by atoms with Crippen molar-refractivity contribution in [2.24, 2.45) is 0 Å². The number of carbonyl (C=O) groups excluding carboxylic acids is 1. The van der Waals surface area contributed by atoms with Crippen LogP contribution in [-0.2, 0) is 19.5 Å². The number of amides is 1. The molecule has 0 radical (unpaired) electrons. The Labute approximate surface area is 205 Å². The van der Waals surface area contributed by atoms with Crippen molar-refractivity contribution in [2.75, 3.05) is 11.9 Å². The summed E-state index contributed by atoms with van der Waals surface area (Å²) in [5.41, 5.74) is 3.50. The topological polar surface area (TPSA) is 101 Å². The Morgan fingerprint density at radius 1 is 1.06 bits per heavy atom. The van der Waals surface area contributed by atoms with Crippen molar-refractivity contribution in [1.29, 1.82) is 0 Å². The van der Waals surface area contributed by atoms with Gasteiger partial charge in [-0.15, -0.1) is 11.3 Å². The molecule has 0 saturated carbocycles. The highest BCUT2D eigenvalue weighted by Gasteiger charge is 2.34. The fraction of sp³-hybridized carbons (Fsp3) is 0.192. The van der Waals surface area contributed by atoms with E-state index in [-0.39, 0.29) is 11.6 Å². The van der Waals surface area contributed by atoms with Gasteiger partial charge in [-0.25, -0.2) is 0 Å². The van der Waals surface area contributed by atoms with Gasteiger partial charge < -0.3 is 15.1 Å². The van der Waals surface area contributed by atoms with Crippen LogP contribution in [0.15, 0.2) is 71.1 Å². The first-order chi connectivity index (χ1) is 17.1. The van der Waals surface area contributed by atoms with Crippen LogP contribution in [0.4, 0.5) is 10.7 Å². The van der Waals surface area contributed by atoms with Gasteiger partial charge in [0, 0.05) is 30.6 Å². The van der Waals surface area contributed by atoms with Gasteiger partial charge in [-0.1, -0.05) is 42.5 Å². The van der Waals surface area contributed by atoms with E-state index in [1.54, 1.807) is 41.7 Å². The molecule has 4 aromatic rings. The molecule has 0 bridgehead atoms. The predicted octanol–water partition coefficient (Wildman–Crippen LogP) is 5.33. The second-order valence-electron chi connectivity index (χ2n) is 8.68. The van der Waals surface area contributed by atoms with Crippen molar-refractivity contribution in [3.05, 3.63) is 104 Å². The number of hydrogen-bond acceptors (Lipinski definition) is 7. The number of nitro groups is 1. The van der Waals surface area contributed by atoms with Gasteiger partial charge in [0.25, 0.3) is 11.6 Å². The molecule has 9 heteroatoms. The van der Waals surface area contributed by atoms with Gasteiger partial charge in [-0.2, -0.15) is 0 Å². The lowest BCUT2D eigenvalue weighted by Gasteiger charge is -2.28. The van der Waals surface area contributed by atoms with Crippen LogP contribution in [0.5, 0.6) is 0 Å². The third-order valence-corrected chi connectivity index (χ3v) is 7.59. The minimum Gasteiger partial charge on any atom is -0.457 e. The van der Waals surface area contributed by atoms with Crippen molar-refractivity contribution in [3.8, 4) is 11.3 Å². The lowest BCUT2D eigenvalue weighted by Crippen LogP contribution is -2.38. The van der Waals surface area contributed by atoms with Crippen molar-refractivity contribution in [3.63, 3.8) is 0 Å². The van der Waals surface area contributed by atoms with Crippen LogP contribution in [0.2, 0.25) is 0 Å². The van der Waals surface area contributed by atoms with Gasteiger partial charge in [0.05, 0.1) is 16.1 Å². The Kier molecular flexibility index (Phi) is 5.35. The molecule has 2 N–H and O–H groups in total. The molecule has 1 atom stereocenters. The first kappa shape index (κ1) is 21.6. The normalized spacial score (nSPS) is 17.3. The van der Waals surface area contributed by atoms with E-state index in [4.69, 9.17) is 4.42 Å². The SMILES string of the molecule is O=C1N[C@H](c2ccc(-c3ccccc3[N+](=O)[O-])o2)Nc2sc3c(c21)CCN(Cc1ccccc1)C3. The third kappa shape index (κ3) is 3.98. The van der Waals surface area contributed by atoms with Crippen LogP contribution >= 0.6 is 11.3 Å². The summed E-state index contributed by atoms with van der Waals surface area (Å²) < 4.78 is 5.96. The first-order valence-electron chi connectivity index (χ1n) is 11.4. The number of hydrogen-bond donors (Lipinski definition) is 2. The zero-order valence-electron chi connectivity index (χ0n) is 18.7. The number of nitrogens with zero attached hydrogens (tertiary/aromatic N) is 2. The third-order valence-electron chi connectivity index (χ3n) is 6.44. The molecule has 0 unspecified atom stereocenters. The molecule has 0 saturated heterocycles. The van der Waals surface area contributed by atoms with Crippen molar-refractivity contribution < 1.29 is 14.1 Å². The Bertz CT molecular complexity index is 1430. The number of anilines is 1. The molecule has 2 aliphatic heterocycles. The number of furan rings is 1.